The predicted molar refractivity (Wildman–Crippen MR) is 121 cm³/mol. The van der Waals surface area contributed by atoms with Gasteiger partial charge in [-0.15, -0.1) is 0 Å². The minimum Gasteiger partial charge on any atom is -0.332 e. The zero-order valence-electron chi connectivity index (χ0n) is 17.5. The van der Waals surface area contributed by atoms with E-state index in [0.717, 1.165) is 22.4 Å². The van der Waals surface area contributed by atoms with Crippen molar-refractivity contribution in [3.05, 3.63) is 102 Å². The van der Waals surface area contributed by atoms with Crippen LogP contribution < -0.4 is 5.32 Å². The second-order valence-electron chi connectivity index (χ2n) is 7.48. The summed E-state index contributed by atoms with van der Waals surface area (Å²) in [5, 5.41) is 2.82. The largest absolute Gasteiger partial charge is 0.332 e. The lowest BCUT2D eigenvalue weighted by atomic mass is 10.0. The molecule has 0 aliphatic heterocycles. The maximum Gasteiger partial charge on any atom is 0.223 e. The summed E-state index contributed by atoms with van der Waals surface area (Å²) in [6.45, 7) is 4.07. The van der Waals surface area contributed by atoms with Crippen LogP contribution in [0.2, 0.25) is 0 Å². The molecule has 1 unspecified atom stereocenters. The molecule has 0 fully saturated rings. The molecule has 3 rings (SSSR count). The van der Waals surface area contributed by atoms with Gasteiger partial charge >= 0.3 is 0 Å². The molecule has 30 heavy (non-hydrogen) atoms. The number of nitrogens with zero attached hydrogens (tertiary/aromatic N) is 1. The van der Waals surface area contributed by atoms with Gasteiger partial charge in [-0.2, -0.15) is 0 Å². The van der Waals surface area contributed by atoms with Crippen LogP contribution in [-0.4, -0.2) is 16.7 Å². The molecule has 0 saturated carbocycles. The van der Waals surface area contributed by atoms with Crippen LogP contribution in [0, 0.1) is 0 Å². The number of carbonyl (C=O) groups excluding carboxylic acids is 2. The molecule has 0 aliphatic carbocycles. The van der Waals surface area contributed by atoms with E-state index in [1.165, 1.54) is 6.92 Å². The smallest absolute Gasteiger partial charge is 0.223 e. The van der Waals surface area contributed by atoms with Gasteiger partial charge in [-0.3, -0.25) is 9.59 Å². The third-order valence-corrected chi connectivity index (χ3v) is 5.14. The number of hydrogen-bond donors (Lipinski definition) is 1. The molecule has 0 heterocycles. The lowest BCUT2D eigenvalue weighted by Crippen LogP contribution is -2.33. The van der Waals surface area contributed by atoms with Crippen molar-refractivity contribution in [2.75, 3.05) is 5.32 Å². The van der Waals surface area contributed by atoms with Crippen LogP contribution >= 0.6 is 0 Å². The summed E-state index contributed by atoms with van der Waals surface area (Å²) in [6, 6.07) is 27.7. The molecule has 0 saturated heterocycles. The number of anilines is 1. The van der Waals surface area contributed by atoms with Crippen LogP contribution in [0.1, 0.15) is 43.0 Å². The molecule has 154 valence electrons. The number of benzene rings is 3. The highest BCUT2D eigenvalue weighted by Gasteiger charge is 2.22. The zero-order valence-corrected chi connectivity index (χ0v) is 17.5. The number of carbonyl (C=O) groups is 2. The van der Waals surface area contributed by atoms with Crippen LogP contribution in [0.15, 0.2) is 84.9 Å². The first kappa shape index (κ1) is 21.3. The van der Waals surface area contributed by atoms with Crippen LogP contribution in [0.5, 0.6) is 0 Å². The third kappa shape index (κ3) is 6.05. The van der Waals surface area contributed by atoms with Crippen LogP contribution in [0.25, 0.3) is 0 Å². The van der Waals surface area contributed by atoms with Gasteiger partial charge in [-0.05, 0) is 42.2 Å². The highest BCUT2D eigenvalue weighted by Crippen LogP contribution is 2.26. The Kier molecular flexibility index (Phi) is 7.39. The molecular weight excluding hydrogens is 372 g/mol. The minimum atomic E-state index is -0.123. The molecule has 2 amide bonds. The normalized spacial score (nSPS) is 11.5. The molecule has 0 bridgehead atoms. The molecule has 0 radical (unpaired) electrons. The Hall–Kier alpha value is -3.40. The minimum absolute atomic E-state index is 0.111. The van der Waals surface area contributed by atoms with Crippen LogP contribution in [-0.2, 0) is 22.6 Å². The second kappa shape index (κ2) is 10.4. The van der Waals surface area contributed by atoms with E-state index in [9.17, 15) is 9.59 Å². The molecule has 3 aromatic carbocycles. The van der Waals surface area contributed by atoms with Gasteiger partial charge in [0, 0.05) is 25.6 Å². The SMILES string of the molecule is CC(=O)Nc1cccc(C(C)N(Cc2ccccc2)C(=O)CCc2ccccc2)c1. The Labute approximate surface area is 178 Å². The molecule has 1 atom stereocenters. The van der Waals surface area contributed by atoms with Crippen molar-refractivity contribution >= 4 is 17.5 Å². The number of hydrogen-bond acceptors (Lipinski definition) is 2. The molecule has 0 spiro atoms. The van der Waals surface area contributed by atoms with Crippen LogP contribution in [0.4, 0.5) is 5.69 Å². The monoisotopic (exact) mass is 400 g/mol. The maximum absolute atomic E-state index is 13.3. The average Bonchev–Trinajstić information content (AvgIpc) is 2.76. The van der Waals surface area contributed by atoms with Gasteiger partial charge in [0.1, 0.15) is 0 Å². The van der Waals surface area contributed by atoms with Crippen molar-refractivity contribution in [3.63, 3.8) is 0 Å². The molecular formula is C26H28N2O2. The summed E-state index contributed by atoms with van der Waals surface area (Å²) >= 11 is 0. The number of rotatable bonds is 8. The van der Waals surface area contributed by atoms with E-state index in [2.05, 4.69) is 17.4 Å². The molecule has 3 aromatic rings. The summed E-state index contributed by atoms with van der Waals surface area (Å²) < 4.78 is 0. The van der Waals surface area contributed by atoms with Crippen molar-refractivity contribution in [1.29, 1.82) is 0 Å². The van der Waals surface area contributed by atoms with Gasteiger partial charge < -0.3 is 10.2 Å². The van der Waals surface area contributed by atoms with Crippen molar-refractivity contribution in [2.45, 2.75) is 39.3 Å². The van der Waals surface area contributed by atoms with Crippen molar-refractivity contribution in [2.24, 2.45) is 0 Å². The maximum atomic E-state index is 13.3. The standard InChI is InChI=1S/C26H28N2O2/c1-20(24-14-9-15-25(18-24)27-21(2)29)28(19-23-12-7-4-8-13-23)26(30)17-16-22-10-5-3-6-11-22/h3-15,18,20H,16-17,19H2,1-2H3,(H,27,29). The Bertz CT molecular complexity index is 971. The number of amides is 2. The van der Waals surface area contributed by atoms with E-state index < -0.39 is 0 Å². The van der Waals surface area contributed by atoms with Gasteiger partial charge in [-0.1, -0.05) is 72.8 Å². The summed E-state index contributed by atoms with van der Waals surface area (Å²) in [6.07, 6.45) is 1.16. The Morgan fingerprint density at radius 1 is 0.867 bits per heavy atom. The fourth-order valence-electron chi connectivity index (χ4n) is 3.52. The first-order chi connectivity index (χ1) is 14.5. The Morgan fingerprint density at radius 3 is 2.13 bits per heavy atom. The summed E-state index contributed by atoms with van der Waals surface area (Å²) in [5.41, 5.74) is 3.98. The molecule has 0 aliphatic rings. The van der Waals surface area contributed by atoms with Crippen molar-refractivity contribution < 1.29 is 9.59 Å². The van der Waals surface area contributed by atoms with E-state index in [-0.39, 0.29) is 17.9 Å². The molecule has 1 N–H and O–H groups in total. The van der Waals surface area contributed by atoms with Gasteiger partial charge in [0.05, 0.1) is 6.04 Å². The average molecular weight is 401 g/mol. The Morgan fingerprint density at radius 2 is 1.50 bits per heavy atom. The van der Waals surface area contributed by atoms with Gasteiger partial charge in [-0.25, -0.2) is 0 Å². The number of aryl methyl sites for hydroxylation is 1. The van der Waals surface area contributed by atoms with E-state index in [0.29, 0.717) is 19.4 Å². The molecule has 4 nitrogen and oxygen atoms in total. The van der Waals surface area contributed by atoms with E-state index >= 15 is 0 Å². The Balaban J connectivity index is 1.81. The van der Waals surface area contributed by atoms with E-state index in [1.807, 2.05) is 84.6 Å². The van der Waals surface area contributed by atoms with Crippen LogP contribution in [0.3, 0.4) is 0 Å². The third-order valence-electron chi connectivity index (χ3n) is 5.14. The fourth-order valence-corrected chi connectivity index (χ4v) is 3.52. The lowest BCUT2D eigenvalue weighted by molar-refractivity contribution is -0.134. The lowest BCUT2D eigenvalue weighted by Gasteiger charge is -2.30. The summed E-state index contributed by atoms with van der Waals surface area (Å²) in [4.78, 5) is 26.6. The zero-order chi connectivity index (χ0) is 21.3. The van der Waals surface area contributed by atoms with E-state index in [4.69, 9.17) is 0 Å². The summed E-state index contributed by atoms with van der Waals surface area (Å²) in [7, 11) is 0. The second-order valence-corrected chi connectivity index (χ2v) is 7.48. The van der Waals surface area contributed by atoms with Crippen molar-refractivity contribution in [1.82, 2.24) is 4.90 Å². The van der Waals surface area contributed by atoms with Gasteiger partial charge in [0.2, 0.25) is 11.8 Å². The fraction of sp³-hybridized carbons (Fsp3) is 0.231. The highest BCUT2D eigenvalue weighted by molar-refractivity contribution is 5.88. The van der Waals surface area contributed by atoms with E-state index in [1.54, 1.807) is 0 Å². The summed E-state index contributed by atoms with van der Waals surface area (Å²) in [5.74, 6) is 0.0000171. The molecule has 0 aromatic heterocycles. The number of nitrogens with one attached hydrogen (secondary N) is 1. The first-order valence-electron chi connectivity index (χ1n) is 10.3. The topological polar surface area (TPSA) is 49.4 Å². The van der Waals surface area contributed by atoms with Gasteiger partial charge in [0.15, 0.2) is 0 Å². The quantitative estimate of drug-likeness (QED) is 0.553. The first-order valence-corrected chi connectivity index (χ1v) is 10.3. The van der Waals surface area contributed by atoms with Gasteiger partial charge in [0.25, 0.3) is 0 Å². The molecule has 4 heteroatoms. The van der Waals surface area contributed by atoms with Crippen molar-refractivity contribution in [3.8, 4) is 0 Å². The predicted octanol–water partition coefficient (Wildman–Crippen LogP) is 5.37. The highest BCUT2D eigenvalue weighted by atomic mass is 16.2.